The standard InChI is InChI=1S/C21H24F3N3O4/c1-31-20-17-13(19(28)14(21(29)30)9-26(17)5-4-22)6-15(23)18(20)27-8-11(16(24)10-27)7-25-12-2-3-12/h6,9,11-12,16,25H,2-5,7-8,10H2,1H3,(H,29,30)/t11-,16+/m0/s1/i9+2. The van der Waals surface area contributed by atoms with Gasteiger partial charge in [-0.1, -0.05) is 0 Å². The summed E-state index contributed by atoms with van der Waals surface area (Å²) >= 11 is 0. The van der Waals surface area contributed by atoms with Gasteiger partial charge in [-0.25, -0.2) is 18.0 Å². The Hall–Kier alpha value is -2.75. The zero-order chi connectivity index (χ0) is 22.3. The summed E-state index contributed by atoms with van der Waals surface area (Å²) < 4.78 is 49.7. The second kappa shape index (κ2) is 8.41. The number of carboxylic acids is 1. The Balaban J connectivity index is 1.81. The molecule has 4 rings (SSSR count). The van der Waals surface area contributed by atoms with Crippen molar-refractivity contribution in [1.29, 1.82) is 0 Å². The summed E-state index contributed by atoms with van der Waals surface area (Å²) in [5, 5.41) is 12.4. The molecule has 31 heavy (non-hydrogen) atoms. The summed E-state index contributed by atoms with van der Waals surface area (Å²) in [4.78, 5) is 25.6. The Bertz CT molecular complexity index is 1070. The fourth-order valence-corrected chi connectivity index (χ4v) is 4.21. The normalized spacial score (nSPS) is 21.1. The van der Waals surface area contributed by atoms with Gasteiger partial charge in [-0.3, -0.25) is 4.79 Å². The number of hydrogen-bond acceptors (Lipinski definition) is 5. The molecule has 0 spiro atoms. The van der Waals surface area contributed by atoms with Crippen LogP contribution >= 0.6 is 0 Å². The van der Waals surface area contributed by atoms with Crippen molar-refractivity contribution in [3.63, 3.8) is 0 Å². The molecule has 1 saturated carbocycles. The number of rotatable bonds is 8. The van der Waals surface area contributed by atoms with Gasteiger partial charge in [-0.05, 0) is 18.9 Å². The summed E-state index contributed by atoms with van der Waals surface area (Å²) in [6, 6.07) is 1.35. The molecule has 0 amide bonds. The Morgan fingerprint density at radius 2 is 2.13 bits per heavy atom. The minimum atomic E-state index is -1.49. The molecule has 1 aromatic heterocycles. The molecule has 2 heterocycles. The minimum absolute atomic E-state index is 0.0124. The van der Waals surface area contributed by atoms with E-state index in [0.29, 0.717) is 12.6 Å². The number of pyridine rings is 1. The molecular formula is C21H24F3N3O4. The summed E-state index contributed by atoms with van der Waals surface area (Å²) in [7, 11) is 1.28. The third-order valence-electron chi connectivity index (χ3n) is 5.93. The van der Waals surface area contributed by atoms with E-state index in [4.69, 9.17) is 4.74 Å². The number of nitrogens with one attached hydrogen (secondary N) is 1. The lowest BCUT2D eigenvalue weighted by Crippen LogP contribution is -2.30. The van der Waals surface area contributed by atoms with Crippen LogP contribution in [0.1, 0.15) is 23.2 Å². The maximum Gasteiger partial charge on any atom is 0.341 e. The van der Waals surface area contributed by atoms with Gasteiger partial charge < -0.3 is 24.6 Å². The molecule has 2 fully saturated rings. The second-order valence-electron chi connectivity index (χ2n) is 8.06. The van der Waals surface area contributed by atoms with Crippen LogP contribution in [0.25, 0.3) is 10.9 Å². The van der Waals surface area contributed by atoms with Gasteiger partial charge in [-0.2, -0.15) is 0 Å². The van der Waals surface area contributed by atoms with Gasteiger partial charge in [0.2, 0.25) is 5.43 Å². The van der Waals surface area contributed by atoms with Gasteiger partial charge in [0, 0.05) is 37.8 Å². The highest BCUT2D eigenvalue weighted by Crippen LogP contribution is 2.40. The number of ether oxygens (including phenoxy) is 1. The van der Waals surface area contributed by atoms with E-state index in [1.165, 1.54) is 16.6 Å². The highest BCUT2D eigenvalue weighted by atomic mass is 19.1. The lowest BCUT2D eigenvalue weighted by atomic mass is 10.1. The number of nitrogens with zero attached hydrogens (tertiary/aromatic N) is 2. The van der Waals surface area contributed by atoms with Gasteiger partial charge in [-0.15, -0.1) is 0 Å². The van der Waals surface area contributed by atoms with E-state index in [-0.39, 0.29) is 47.9 Å². The number of carboxylic acid groups (broad SMARTS) is 1. The summed E-state index contributed by atoms with van der Waals surface area (Å²) in [6.07, 6.45) is 2.00. The number of hydrogen-bond donors (Lipinski definition) is 2. The van der Waals surface area contributed by atoms with Crippen molar-refractivity contribution in [2.75, 3.05) is 38.3 Å². The molecule has 1 aliphatic heterocycles. The molecule has 2 aromatic rings. The molecule has 2 atom stereocenters. The Morgan fingerprint density at radius 3 is 2.74 bits per heavy atom. The zero-order valence-electron chi connectivity index (χ0n) is 17.0. The van der Waals surface area contributed by atoms with Crippen LogP contribution in [0.2, 0.25) is 0 Å². The Labute approximate surface area is 176 Å². The van der Waals surface area contributed by atoms with Crippen LogP contribution in [0.4, 0.5) is 18.9 Å². The van der Waals surface area contributed by atoms with Crippen LogP contribution in [0, 0.1) is 11.7 Å². The largest absolute Gasteiger partial charge is 0.492 e. The van der Waals surface area contributed by atoms with Gasteiger partial charge in [0.25, 0.3) is 0 Å². The summed E-state index contributed by atoms with van der Waals surface area (Å²) in [5.74, 6) is -2.68. The van der Waals surface area contributed by atoms with Crippen molar-refractivity contribution < 1.29 is 27.8 Å². The number of aromatic nitrogens is 1. The molecule has 7 nitrogen and oxygen atoms in total. The van der Waals surface area contributed by atoms with E-state index in [1.54, 1.807) is 0 Å². The monoisotopic (exact) mass is 441 g/mol. The average Bonchev–Trinajstić information content (AvgIpc) is 3.49. The quantitative estimate of drug-likeness (QED) is 0.655. The summed E-state index contributed by atoms with van der Waals surface area (Å²) in [6.45, 7) is -0.402. The number of aromatic carboxylic acids is 1. The van der Waals surface area contributed by atoms with Crippen LogP contribution < -0.4 is 20.4 Å². The van der Waals surface area contributed by atoms with E-state index in [1.807, 2.05) is 0 Å². The van der Waals surface area contributed by atoms with E-state index >= 15 is 4.39 Å². The predicted octanol–water partition coefficient (Wildman–Crippen LogP) is 2.34. The lowest BCUT2D eigenvalue weighted by molar-refractivity contribution is 0.0694. The fourth-order valence-electron chi connectivity index (χ4n) is 4.21. The molecule has 10 heteroatoms. The molecule has 0 bridgehead atoms. The minimum Gasteiger partial charge on any atom is -0.492 e. The molecule has 1 saturated heterocycles. The van der Waals surface area contributed by atoms with Crippen molar-refractivity contribution in [3.8, 4) is 5.75 Å². The van der Waals surface area contributed by atoms with Crippen molar-refractivity contribution in [2.24, 2.45) is 5.92 Å². The molecule has 2 N–H and O–H groups in total. The van der Waals surface area contributed by atoms with Gasteiger partial charge >= 0.3 is 5.97 Å². The molecule has 0 unspecified atom stereocenters. The first-order valence-corrected chi connectivity index (χ1v) is 10.2. The van der Waals surface area contributed by atoms with E-state index in [9.17, 15) is 23.5 Å². The zero-order valence-corrected chi connectivity index (χ0v) is 17.0. The highest BCUT2D eigenvalue weighted by Gasteiger charge is 2.37. The number of methoxy groups -OCH3 is 1. The Kier molecular flexibility index (Phi) is 5.83. The smallest absolute Gasteiger partial charge is 0.341 e. The second-order valence-corrected chi connectivity index (χ2v) is 8.06. The van der Waals surface area contributed by atoms with E-state index < -0.39 is 35.6 Å². The SMILES string of the molecule is COc1c(N2C[C@H](CNC3CC3)[C@H](F)C2)c(F)cc2c(=O)c(C(=O)O)[14cH]n(CCF)c12. The van der Waals surface area contributed by atoms with Crippen LogP contribution in [0.5, 0.6) is 5.75 Å². The third kappa shape index (κ3) is 3.96. The molecular weight excluding hydrogens is 417 g/mol. The van der Waals surface area contributed by atoms with Crippen molar-refractivity contribution in [1.82, 2.24) is 9.88 Å². The maximum absolute atomic E-state index is 15.2. The van der Waals surface area contributed by atoms with E-state index in [0.717, 1.165) is 25.1 Å². The number of anilines is 1. The Morgan fingerprint density at radius 1 is 1.39 bits per heavy atom. The van der Waals surface area contributed by atoms with Crippen molar-refractivity contribution in [2.45, 2.75) is 31.6 Å². The number of halogens is 3. The number of carbonyl (C=O) groups is 1. The predicted molar refractivity (Wildman–Crippen MR) is 109 cm³/mol. The first-order valence-electron chi connectivity index (χ1n) is 10.2. The number of aryl methyl sites for hydroxylation is 1. The van der Waals surface area contributed by atoms with Crippen LogP contribution in [-0.2, 0) is 6.54 Å². The number of alkyl halides is 2. The van der Waals surface area contributed by atoms with Gasteiger partial charge in [0.1, 0.15) is 24.1 Å². The summed E-state index contributed by atoms with van der Waals surface area (Å²) in [5.41, 5.74) is -1.41. The first kappa shape index (κ1) is 21.5. The fraction of sp³-hybridized carbons (Fsp3) is 0.524. The maximum atomic E-state index is 15.2. The van der Waals surface area contributed by atoms with Crippen LogP contribution in [0.15, 0.2) is 17.1 Å². The average molecular weight is 441 g/mol. The third-order valence-corrected chi connectivity index (χ3v) is 5.93. The van der Waals surface area contributed by atoms with Crippen LogP contribution in [-0.4, -0.2) is 61.3 Å². The highest BCUT2D eigenvalue weighted by molar-refractivity contribution is 5.97. The van der Waals surface area contributed by atoms with Gasteiger partial charge in [0.15, 0.2) is 11.6 Å². The molecule has 1 aromatic carbocycles. The molecule has 1 aliphatic carbocycles. The number of fused-ring (bicyclic) bond motifs is 1. The van der Waals surface area contributed by atoms with Crippen molar-refractivity contribution >= 4 is 22.6 Å². The van der Waals surface area contributed by atoms with E-state index in [2.05, 4.69) is 5.32 Å². The number of benzene rings is 1. The van der Waals surface area contributed by atoms with Crippen LogP contribution in [0.3, 0.4) is 0 Å². The van der Waals surface area contributed by atoms with Gasteiger partial charge in [0.05, 0.1) is 24.6 Å². The molecule has 0 radical (unpaired) electrons. The van der Waals surface area contributed by atoms with Crippen molar-refractivity contribution in [3.05, 3.63) is 33.9 Å². The molecule has 2 aliphatic rings. The first-order chi connectivity index (χ1) is 14.8. The molecule has 168 valence electrons. The topological polar surface area (TPSA) is 83.8 Å². The lowest BCUT2D eigenvalue weighted by Gasteiger charge is -2.24.